The van der Waals surface area contributed by atoms with E-state index in [4.69, 9.17) is 9.47 Å². The molecule has 0 amide bonds. The molecule has 1 aromatic heterocycles. The van der Waals surface area contributed by atoms with Crippen LogP contribution in [0.1, 0.15) is 20.8 Å². The number of aromatic nitrogens is 1. The first-order valence-corrected chi connectivity index (χ1v) is 8.56. The Morgan fingerprint density at radius 1 is 1.46 bits per heavy atom. The van der Waals surface area contributed by atoms with E-state index in [2.05, 4.69) is 32.8 Å². The molecule has 0 atom stereocenters. The van der Waals surface area contributed by atoms with Crippen LogP contribution in [0.5, 0.6) is 5.75 Å². The number of ketones is 1. The van der Waals surface area contributed by atoms with Crippen LogP contribution in [0.3, 0.4) is 0 Å². The number of rotatable bonds is 8. The highest BCUT2D eigenvalue weighted by molar-refractivity contribution is 9.10. The highest BCUT2D eigenvalue weighted by Crippen LogP contribution is 2.25. The smallest absolute Gasteiger partial charge is 0.358 e. The van der Waals surface area contributed by atoms with Crippen molar-refractivity contribution < 1.29 is 19.1 Å². The monoisotopic (exact) mass is 410 g/mol. The zero-order valence-electron chi connectivity index (χ0n) is 12.9. The van der Waals surface area contributed by atoms with Crippen LogP contribution in [0.2, 0.25) is 0 Å². The van der Waals surface area contributed by atoms with Crippen molar-refractivity contribution in [3.8, 4) is 5.75 Å². The van der Waals surface area contributed by atoms with Crippen LogP contribution >= 0.6 is 27.3 Å². The van der Waals surface area contributed by atoms with E-state index in [1.165, 1.54) is 18.4 Å². The number of methoxy groups -OCH3 is 1. The number of thiazole rings is 1. The SMILES string of the molecule is C=CCNc1nc(C(=O)OCC(=O)c2ccc(OC)c(Br)c2)cs1. The van der Waals surface area contributed by atoms with Crippen molar-refractivity contribution in [3.05, 3.63) is 52.0 Å². The molecular weight excluding hydrogens is 396 g/mol. The van der Waals surface area contributed by atoms with Crippen molar-refractivity contribution >= 4 is 44.2 Å². The predicted octanol–water partition coefficient (Wildman–Crippen LogP) is 3.55. The van der Waals surface area contributed by atoms with Crippen LogP contribution in [0.15, 0.2) is 40.7 Å². The zero-order chi connectivity index (χ0) is 17.5. The number of nitrogens with one attached hydrogen (secondary N) is 1. The van der Waals surface area contributed by atoms with Crippen molar-refractivity contribution in [2.24, 2.45) is 0 Å². The number of ether oxygens (including phenoxy) is 2. The summed E-state index contributed by atoms with van der Waals surface area (Å²) in [6.45, 7) is 3.78. The molecule has 0 saturated carbocycles. The van der Waals surface area contributed by atoms with Crippen molar-refractivity contribution in [3.63, 3.8) is 0 Å². The summed E-state index contributed by atoms with van der Waals surface area (Å²) in [5.41, 5.74) is 0.581. The van der Waals surface area contributed by atoms with Gasteiger partial charge in [0.05, 0.1) is 11.6 Å². The lowest BCUT2D eigenvalue weighted by Gasteiger charge is -2.06. The van der Waals surface area contributed by atoms with Gasteiger partial charge in [0, 0.05) is 17.5 Å². The first-order valence-electron chi connectivity index (χ1n) is 6.89. The lowest BCUT2D eigenvalue weighted by Crippen LogP contribution is -2.14. The zero-order valence-corrected chi connectivity index (χ0v) is 15.3. The molecule has 126 valence electrons. The highest BCUT2D eigenvalue weighted by Gasteiger charge is 2.15. The fourth-order valence-corrected chi connectivity index (χ4v) is 2.97. The Kier molecular flexibility index (Phi) is 6.51. The standard InChI is InChI=1S/C16H15BrN2O4S/c1-3-6-18-16-19-12(9-24-16)15(21)23-8-13(20)10-4-5-14(22-2)11(17)7-10/h3-5,7,9H,1,6,8H2,2H3,(H,18,19). The Balaban J connectivity index is 1.93. The van der Waals surface area contributed by atoms with Crippen molar-refractivity contribution in [2.75, 3.05) is 25.6 Å². The number of benzene rings is 1. The second-order valence-corrected chi connectivity index (χ2v) is 6.27. The third-order valence-electron chi connectivity index (χ3n) is 2.92. The molecule has 2 aromatic rings. The number of halogens is 1. The van der Waals surface area contributed by atoms with Crippen molar-refractivity contribution in [2.45, 2.75) is 0 Å². The van der Waals surface area contributed by atoms with Gasteiger partial charge in [-0.3, -0.25) is 4.79 Å². The maximum atomic E-state index is 12.1. The summed E-state index contributed by atoms with van der Waals surface area (Å²) in [7, 11) is 1.54. The van der Waals surface area contributed by atoms with Gasteiger partial charge in [-0.25, -0.2) is 9.78 Å². The minimum atomic E-state index is -0.640. The van der Waals surface area contributed by atoms with Gasteiger partial charge in [0.25, 0.3) is 0 Å². The molecule has 0 saturated heterocycles. The normalized spacial score (nSPS) is 10.1. The molecule has 2 rings (SSSR count). The van der Waals surface area contributed by atoms with E-state index in [-0.39, 0.29) is 18.1 Å². The van der Waals surface area contributed by atoms with Gasteiger partial charge in [0.2, 0.25) is 0 Å². The predicted molar refractivity (Wildman–Crippen MR) is 96.1 cm³/mol. The summed E-state index contributed by atoms with van der Waals surface area (Å²) in [4.78, 5) is 28.1. The molecule has 24 heavy (non-hydrogen) atoms. The molecule has 1 aromatic carbocycles. The van der Waals surface area contributed by atoms with Crippen LogP contribution in [0.25, 0.3) is 0 Å². The molecule has 0 aliphatic rings. The highest BCUT2D eigenvalue weighted by atomic mass is 79.9. The maximum absolute atomic E-state index is 12.1. The van der Waals surface area contributed by atoms with Crippen LogP contribution in [-0.2, 0) is 4.74 Å². The Hall–Kier alpha value is -2.19. The van der Waals surface area contributed by atoms with Gasteiger partial charge in [0.1, 0.15) is 5.75 Å². The topological polar surface area (TPSA) is 77.5 Å². The fraction of sp³-hybridized carbons (Fsp3) is 0.188. The second kappa shape index (κ2) is 8.60. The van der Waals surface area contributed by atoms with E-state index < -0.39 is 5.97 Å². The van der Waals surface area contributed by atoms with Gasteiger partial charge in [-0.05, 0) is 34.1 Å². The average Bonchev–Trinajstić information content (AvgIpc) is 3.06. The van der Waals surface area contributed by atoms with Gasteiger partial charge < -0.3 is 14.8 Å². The van der Waals surface area contributed by atoms with E-state index in [0.29, 0.717) is 27.5 Å². The molecule has 0 fully saturated rings. The Morgan fingerprint density at radius 2 is 2.25 bits per heavy atom. The molecule has 0 unspecified atom stereocenters. The molecule has 0 spiro atoms. The number of carbonyl (C=O) groups excluding carboxylic acids is 2. The minimum Gasteiger partial charge on any atom is -0.496 e. The molecule has 6 nitrogen and oxygen atoms in total. The number of esters is 1. The summed E-state index contributed by atoms with van der Waals surface area (Å²) in [5, 5.41) is 5.14. The van der Waals surface area contributed by atoms with Gasteiger partial charge in [-0.1, -0.05) is 6.08 Å². The number of hydrogen-bond donors (Lipinski definition) is 1. The third kappa shape index (κ3) is 4.65. The molecule has 1 heterocycles. The summed E-state index contributed by atoms with van der Waals surface area (Å²) in [5.74, 6) is -0.337. The minimum absolute atomic E-state index is 0.162. The quantitative estimate of drug-likeness (QED) is 0.407. The first-order chi connectivity index (χ1) is 11.5. The Labute approximate surface area is 151 Å². The number of Topliss-reactive ketones (excluding diaryl/α,β-unsaturated/α-hetero) is 1. The van der Waals surface area contributed by atoms with Gasteiger partial charge in [-0.2, -0.15) is 0 Å². The number of carbonyl (C=O) groups is 2. The molecule has 1 N–H and O–H groups in total. The first kappa shape index (κ1) is 18.2. The summed E-state index contributed by atoms with van der Waals surface area (Å²) >= 11 is 4.59. The summed E-state index contributed by atoms with van der Waals surface area (Å²) in [6, 6.07) is 4.90. The van der Waals surface area contributed by atoms with Crippen molar-refractivity contribution in [1.82, 2.24) is 4.98 Å². The molecular formula is C16H15BrN2O4S. The summed E-state index contributed by atoms with van der Waals surface area (Å²) < 4.78 is 10.8. The van der Waals surface area contributed by atoms with Crippen LogP contribution < -0.4 is 10.1 Å². The van der Waals surface area contributed by atoms with E-state index in [9.17, 15) is 9.59 Å². The van der Waals surface area contributed by atoms with Gasteiger partial charge in [0.15, 0.2) is 23.2 Å². The number of anilines is 1. The Bertz CT molecular complexity index is 760. The van der Waals surface area contributed by atoms with E-state index in [1.807, 2.05) is 0 Å². The van der Waals surface area contributed by atoms with E-state index in [1.54, 1.807) is 29.7 Å². The van der Waals surface area contributed by atoms with Crippen molar-refractivity contribution in [1.29, 1.82) is 0 Å². The Morgan fingerprint density at radius 3 is 2.92 bits per heavy atom. The fourth-order valence-electron chi connectivity index (χ4n) is 1.74. The molecule has 0 aliphatic heterocycles. The largest absolute Gasteiger partial charge is 0.496 e. The maximum Gasteiger partial charge on any atom is 0.358 e. The average molecular weight is 411 g/mol. The van der Waals surface area contributed by atoms with E-state index >= 15 is 0 Å². The van der Waals surface area contributed by atoms with Gasteiger partial charge in [-0.15, -0.1) is 17.9 Å². The second-order valence-electron chi connectivity index (χ2n) is 4.56. The third-order valence-corrected chi connectivity index (χ3v) is 4.34. The van der Waals surface area contributed by atoms with Crippen LogP contribution in [-0.4, -0.2) is 37.0 Å². The van der Waals surface area contributed by atoms with Gasteiger partial charge >= 0.3 is 5.97 Å². The number of nitrogens with zero attached hydrogens (tertiary/aromatic N) is 1. The number of hydrogen-bond acceptors (Lipinski definition) is 7. The molecule has 0 bridgehead atoms. The lowest BCUT2D eigenvalue weighted by atomic mass is 10.1. The van der Waals surface area contributed by atoms with Crippen LogP contribution in [0, 0.1) is 0 Å². The molecule has 0 radical (unpaired) electrons. The summed E-state index contributed by atoms with van der Waals surface area (Å²) in [6.07, 6.45) is 1.69. The molecule has 0 aliphatic carbocycles. The van der Waals surface area contributed by atoms with Crippen LogP contribution in [0.4, 0.5) is 5.13 Å². The molecule has 8 heteroatoms. The lowest BCUT2D eigenvalue weighted by molar-refractivity contribution is 0.0470. The van der Waals surface area contributed by atoms with E-state index in [0.717, 1.165) is 0 Å².